The Morgan fingerprint density at radius 1 is 1.42 bits per heavy atom. The zero-order valence-corrected chi connectivity index (χ0v) is 10.7. The van der Waals surface area contributed by atoms with Gasteiger partial charge in [-0.25, -0.2) is 8.78 Å². The van der Waals surface area contributed by atoms with Crippen molar-refractivity contribution in [3.05, 3.63) is 29.3 Å². The lowest BCUT2D eigenvalue weighted by atomic mass is 9.83. The second-order valence-electron chi connectivity index (χ2n) is 5.38. The molecule has 1 saturated carbocycles. The van der Waals surface area contributed by atoms with Crippen molar-refractivity contribution >= 4 is 11.7 Å². The highest BCUT2D eigenvalue weighted by atomic mass is 19.1. The number of nitrogen functional groups attached to an aromatic ring is 1. The Labute approximate surface area is 110 Å². The zero-order valence-electron chi connectivity index (χ0n) is 10.7. The molecule has 1 aliphatic carbocycles. The van der Waals surface area contributed by atoms with Crippen molar-refractivity contribution in [1.29, 1.82) is 0 Å². The molecule has 1 aliphatic rings. The van der Waals surface area contributed by atoms with E-state index in [0.29, 0.717) is 12.0 Å². The maximum absolute atomic E-state index is 13.5. The van der Waals surface area contributed by atoms with Crippen molar-refractivity contribution in [2.24, 2.45) is 11.8 Å². The van der Waals surface area contributed by atoms with Crippen LogP contribution in [-0.2, 0) is 4.79 Å². The molecule has 2 rings (SSSR count). The number of nitrogens with two attached hydrogens (primary N) is 1. The lowest BCUT2D eigenvalue weighted by Gasteiger charge is -2.21. The quantitative estimate of drug-likeness (QED) is 0.828. The molecule has 0 heterocycles. The number of carbonyl (C=O) groups is 1. The molecule has 0 amide bonds. The van der Waals surface area contributed by atoms with Gasteiger partial charge in [0.25, 0.3) is 0 Å². The predicted molar refractivity (Wildman–Crippen MR) is 67.7 cm³/mol. The Hall–Kier alpha value is -1.65. The van der Waals surface area contributed by atoms with Crippen molar-refractivity contribution < 1.29 is 18.7 Å². The van der Waals surface area contributed by atoms with Crippen LogP contribution in [0.5, 0.6) is 0 Å². The normalized spacial score (nSPS) is 24.4. The fourth-order valence-electron chi connectivity index (χ4n) is 3.00. The average Bonchev–Trinajstić information content (AvgIpc) is 2.71. The minimum absolute atomic E-state index is 0.0594. The summed E-state index contributed by atoms with van der Waals surface area (Å²) in [7, 11) is 0. The summed E-state index contributed by atoms with van der Waals surface area (Å²) in [6.45, 7) is 2.05. The van der Waals surface area contributed by atoms with E-state index in [0.717, 1.165) is 25.3 Å². The standard InChI is InChI=1S/C14H17F2NO2/c1-7-2-3-8(4-7)12(14(18)19)10-5-9(15)6-11(16)13(10)17/h5-8,12H,2-4,17H2,1H3,(H,18,19). The summed E-state index contributed by atoms with van der Waals surface area (Å²) in [5.41, 5.74) is 5.39. The van der Waals surface area contributed by atoms with Gasteiger partial charge < -0.3 is 10.8 Å². The molecule has 3 nitrogen and oxygen atoms in total. The molecule has 3 N–H and O–H groups in total. The summed E-state index contributed by atoms with van der Waals surface area (Å²) in [4.78, 5) is 11.5. The fraction of sp³-hybridized carbons (Fsp3) is 0.500. The van der Waals surface area contributed by atoms with E-state index in [-0.39, 0.29) is 17.2 Å². The highest BCUT2D eigenvalue weighted by Crippen LogP contribution is 2.42. The van der Waals surface area contributed by atoms with E-state index in [2.05, 4.69) is 6.92 Å². The van der Waals surface area contributed by atoms with Gasteiger partial charge in [-0.1, -0.05) is 13.3 Å². The lowest BCUT2D eigenvalue weighted by molar-refractivity contribution is -0.140. The molecular formula is C14H17F2NO2. The van der Waals surface area contributed by atoms with E-state index in [1.807, 2.05) is 0 Å². The van der Waals surface area contributed by atoms with E-state index in [4.69, 9.17) is 5.73 Å². The van der Waals surface area contributed by atoms with Gasteiger partial charge in [-0.3, -0.25) is 4.79 Å². The van der Waals surface area contributed by atoms with E-state index in [1.54, 1.807) is 0 Å². The molecule has 1 aromatic rings. The molecule has 104 valence electrons. The largest absolute Gasteiger partial charge is 0.481 e. The number of hydrogen-bond donors (Lipinski definition) is 2. The Kier molecular flexibility index (Phi) is 3.73. The van der Waals surface area contributed by atoms with E-state index in [9.17, 15) is 18.7 Å². The first-order valence-electron chi connectivity index (χ1n) is 6.37. The molecule has 5 heteroatoms. The highest BCUT2D eigenvalue weighted by molar-refractivity contribution is 5.79. The van der Waals surface area contributed by atoms with Crippen molar-refractivity contribution in [3.8, 4) is 0 Å². The lowest BCUT2D eigenvalue weighted by Crippen LogP contribution is -2.22. The number of hydrogen-bond acceptors (Lipinski definition) is 2. The summed E-state index contributed by atoms with van der Waals surface area (Å²) in [5.74, 6) is -3.38. The van der Waals surface area contributed by atoms with Crippen LogP contribution in [0.1, 0.15) is 37.7 Å². The first-order chi connectivity index (χ1) is 8.90. The van der Waals surface area contributed by atoms with Crippen LogP contribution in [0.25, 0.3) is 0 Å². The summed E-state index contributed by atoms with van der Waals surface area (Å²) in [5, 5.41) is 9.38. The third-order valence-electron chi connectivity index (χ3n) is 3.93. The monoisotopic (exact) mass is 269 g/mol. The van der Waals surface area contributed by atoms with Crippen molar-refractivity contribution in [2.75, 3.05) is 5.73 Å². The number of anilines is 1. The Bertz CT molecular complexity index is 504. The van der Waals surface area contributed by atoms with Gasteiger partial charge in [0.15, 0.2) is 0 Å². The number of benzene rings is 1. The number of aliphatic carboxylic acids is 1. The SMILES string of the molecule is CC1CCC(C(C(=O)O)c2cc(F)cc(F)c2N)C1. The number of halogens is 2. The molecule has 0 aromatic heterocycles. The van der Waals surface area contributed by atoms with E-state index in [1.165, 1.54) is 0 Å². The van der Waals surface area contributed by atoms with Crippen LogP contribution >= 0.6 is 0 Å². The second-order valence-corrected chi connectivity index (χ2v) is 5.38. The fourth-order valence-corrected chi connectivity index (χ4v) is 3.00. The number of rotatable bonds is 3. The summed E-state index contributed by atoms with van der Waals surface area (Å²) < 4.78 is 26.8. The Balaban J connectivity index is 2.42. The van der Waals surface area contributed by atoms with Gasteiger partial charge in [-0.05, 0) is 36.3 Å². The van der Waals surface area contributed by atoms with Crippen molar-refractivity contribution in [3.63, 3.8) is 0 Å². The first-order valence-corrected chi connectivity index (χ1v) is 6.37. The van der Waals surface area contributed by atoms with E-state index < -0.39 is 23.5 Å². The second kappa shape index (κ2) is 5.15. The van der Waals surface area contributed by atoms with Gasteiger partial charge in [0.1, 0.15) is 11.6 Å². The van der Waals surface area contributed by atoms with Gasteiger partial charge in [-0.2, -0.15) is 0 Å². The Morgan fingerprint density at radius 3 is 2.63 bits per heavy atom. The smallest absolute Gasteiger partial charge is 0.311 e. The molecule has 3 atom stereocenters. The molecule has 0 spiro atoms. The first kappa shape index (κ1) is 13.8. The van der Waals surface area contributed by atoms with Gasteiger partial charge >= 0.3 is 5.97 Å². The van der Waals surface area contributed by atoms with Gasteiger partial charge in [0, 0.05) is 6.07 Å². The number of carboxylic acids is 1. The average molecular weight is 269 g/mol. The minimum atomic E-state index is -1.07. The van der Waals surface area contributed by atoms with Crippen LogP contribution < -0.4 is 5.73 Å². The van der Waals surface area contributed by atoms with Crippen LogP contribution in [-0.4, -0.2) is 11.1 Å². The van der Waals surface area contributed by atoms with Crippen LogP contribution in [0.15, 0.2) is 12.1 Å². The minimum Gasteiger partial charge on any atom is -0.481 e. The molecule has 0 saturated heterocycles. The maximum Gasteiger partial charge on any atom is 0.311 e. The third kappa shape index (κ3) is 2.69. The van der Waals surface area contributed by atoms with Crippen LogP contribution in [0.3, 0.4) is 0 Å². The molecule has 0 aliphatic heterocycles. The maximum atomic E-state index is 13.5. The van der Waals surface area contributed by atoms with Crippen molar-refractivity contribution in [2.45, 2.75) is 32.1 Å². The molecule has 1 fully saturated rings. The van der Waals surface area contributed by atoms with Gasteiger partial charge in [0.2, 0.25) is 0 Å². The zero-order chi connectivity index (χ0) is 14.2. The highest BCUT2D eigenvalue weighted by Gasteiger charge is 2.36. The number of carboxylic acid groups (broad SMARTS) is 1. The van der Waals surface area contributed by atoms with Gasteiger partial charge in [0.05, 0.1) is 11.6 Å². The topological polar surface area (TPSA) is 63.3 Å². The predicted octanol–water partition coefficient (Wildman–Crippen LogP) is 3.15. The molecule has 0 radical (unpaired) electrons. The molecular weight excluding hydrogens is 252 g/mol. The van der Waals surface area contributed by atoms with Crippen LogP contribution in [0.4, 0.5) is 14.5 Å². The summed E-state index contributed by atoms with van der Waals surface area (Å²) >= 11 is 0. The van der Waals surface area contributed by atoms with Crippen LogP contribution in [0.2, 0.25) is 0 Å². The van der Waals surface area contributed by atoms with E-state index >= 15 is 0 Å². The third-order valence-corrected chi connectivity index (χ3v) is 3.93. The molecule has 3 unspecified atom stereocenters. The van der Waals surface area contributed by atoms with Crippen LogP contribution in [0, 0.1) is 23.5 Å². The summed E-state index contributed by atoms with van der Waals surface area (Å²) in [6, 6.07) is 1.72. The van der Waals surface area contributed by atoms with Gasteiger partial charge in [-0.15, -0.1) is 0 Å². The van der Waals surface area contributed by atoms with Crippen molar-refractivity contribution in [1.82, 2.24) is 0 Å². The molecule has 0 bridgehead atoms. The Morgan fingerprint density at radius 2 is 2.11 bits per heavy atom. The molecule has 1 aromatic carbocycles. The summed E-state index contributed by atoms with van der Waals surface area (Å²) in [6.07, 6.45) is 2.43. The molecule has 19 heavy (non-hydrogen) atoms.